The fourth-order valence-electron chi connectivity index (χ4n) is 3.05. The van der Waals surface area contributed by atoms with E-state index in [1.54, 1.807) is 17.0 Å². The van der Waals surface area contributed by atoms with E-state index < -0.39 is 16.6 Å². The van der Waals surface area contributed by atoms with Crippen molar-refractivity contribution in [1.82, 2.24) is 4.90 Å². The summed E-state index contributed by atoms with van der Waals surface area (Å²) in [5.74, 6) is -0.348. The van der Waals surface area contributed by atoms with E-state index in [1.807, 2.05) is 0 Å². The van der Waals surface area contributed by atoms with E-state index in [0.717, 1.165) is 12.1 Å². The molecule has 142 valence electrons. The van der Waals surface area contributed by atoms with Gasteiger partial charge in [0.05, 0.1) is 11.3 Å². The van der Waals surface area contributed by atoms with Crippen molar-refractivity contribution in [2.75, 3.05) is 18.8 Å². The highest BCUT2D eigenvalue weighted by molar-refractivity contribution is 7.99. The molecule has 0 bridgehead atoms. The van der Waals surface area contributed by atoms with Crippen molar-refractivity contribution in [3.63, 3.8) is 0 Å². The van der Waals surface area contributed by atoms with Crippen molar-refractivity contribution >= 4 is 23.4 Å². The smallest absolute Gasteiger partial charge is 0.269 e. The first-order chi connectivity index (χ1) is 12.9. The number of halogens is 2. The summed E-state index contributed by atoms with van der Waals surface area (Å²) >= 11 is 1.52. The molecule has 2 aromatic rings. The van der Waals surface area contributed by atoms with Gasteiger partial charge in [0.2, 0.25) is 5.91 Å². The van der Waals surface area contributed by atoms with Gasteiger partial charge in [-0.3, -0.25) is 14.9 Å². The van der Waals surface area contributed by atoms with Crippen molar-refractivity contribution in [3.05, 3.63) is 75.3 Å². The lowest BCUT2D eigenvalue weighted by molar-refractivity contribution is -0.384. The topological polar surface area (TPSA) is 63.4 Å². The van der Waals surface area contributed by atoms with Crippen LogP contribution in [0.3, 0.4) is 0 Å². The van der Waals surface area contributed by atoms with Gasteiger partial charge in [-0.2, -0.15) is 11.8 Å². The summed E-state index contributed by atoms with van der Waals surface area (Å²) in [6, 6.07) is 9.36. The first-order valence-electron chi connectivity index (χ1n) is 8.51. The second-order valence-corrected chi connectivity index (χ2v) is 7.61. The molecule has 1 aliphatic heterocycles. The van der Waals surface area contributed by atoms with E-state index in [0.29, 0.717) is 36.4 Å². The molecule has 2 aromatic carbocycles. The maximum Gasteiger partial charge on any atom is 0.269 e. The van der Waals surface area contributed by atoms with E-state index in [4.69, 9.17) is 0 Å². The Morgan fingerprint density at radius 3 is 2.63 bits per heavy atom. The molecule has 0 radical (unpaired) electrons. The number of non-ortho nitro benzene ring substituents is 1. The van der Waals surface area contributed by atoms with Crippen LogP contribution in [0.15, 0.2) is 42.5 Å². The number of nitro benzene ring substituents is 1. The van der Waals surface area contributed by atoms with Crippen LogP contribution in [0.2, 0.25) is 0 Å². The molecule has 0 saturated carbocycles. The molecule has 0 aromatic heterocycles. The summed E-state index contributed by atoms with van der Waals surface area (Å²) in [6.07, 6.45) is 0.693. The quantitative estimate of drug-likeness (QED) is 0.580. The Morgan fingerprint density at radius 2 is 1.93 bits per heavy atom. The van der Waals surface area contributed by atoms with Crippen molar-refractivity contribution in [2.24, 2.45) is 0 Å². The minimum absolute atomic E-state index is 0.0164. The summed E-state index contributed by atoms with van der Waals surface area (Å²) in [6.45, 7) is 0.989. The monoisotopic (exact) mass is 392 g/mol. The Balaban J connectivity index is 1.62. The normalized spacial score (nSPS) is 17.4. The average molecular weight is 392 g/mol. The highest BCUT2D eigenvalue weighted by Gasteiger charge is 2.24. The summed E-state index contributed by atoms with van der Waals surface area (Å²) in [5.41, 5.74) is 1.03. The number of rotatable bonds is 4. The highest BCUT2D eigenvalue weighted by Crippen LogP contribution is 2.36. The molecule has 1 aliphatic rings. The number of benzene rings is 2. The molecular weight excluding hydrogens is 374 g/mol. The van der Waals surface area contributed by atoms with Crippen LogP contribution in [0.4, 0.5) is 14.5 Å². The van der Waals surface area contributed by atoms with Gasteiger partial charge in [0, 0.05) is 41.8 Å². The van der Waals surface area contributed by atoms with Crippen molar-refractivity contribution < 1.29 is 18.5 Å². The Hall–Kier alpha value is -2.48. The molecule has 3 rings (SSSR count). The second-order valence-electron chi connectivity index (χ2n) is 6.30. The van der Waals surface area contributed by atoms with Gasteiger partial charge < -0.3 is 4.90 Å². The third-order valence-electron chi connectivity index (χ3n) is 4.50. The molecule has 1 heterocycles. The summed E-state index contributed by atoms with van der Waals surface area (Å²) in [7, 11) is 0. The first-order valence-corrected chi connectivity index (χ1v) is 9.56. The Kier molecular flexibility index (Phi) is 6.05. The number of nitrogens with zero attached hydrogens (tertiary/aromatic N) is 2. The van der Waals surface area contributed by atoms with Crippen LogP contribution in [0, 0.1) is 21.7 Å². The van der Waals surface area contributed by atoms with E-state index in [1.165, 1.54) is 30.0 Å². The van der Waals surface area contributed by atoms with Gasteiger partial charge in [-0.1, -0.05) is 12.1 Å². The molecular formula is C19H18F2N2O3S. The summed E-state index contributed by atoms with van der Waals surface area (Å²) in [5, 5.41) is 10.5. The number of amides is 1. The van der Waals surface area contributed by atoms with Crippen LogP contribution in [0.1, 0.15) is 22.8 Å². The molecule has 0 N–H and O–H groups in total. The van der Waals surface area contributed by atoms with E-state index in [2.05, 4.69) is 0 Å². The van der Waals surface area contributed by atoms with Crippen LogP contribution < -0.4 is 0 Å². The number of thioether (sulfide) groups is 1. The van der Waals surface area contributed by atoms with Crippen LogP contribution in [0.25, 0.3) is 0 Å². The van der Waals surface area contributed by atoms with Gasteiger partial charge in [0.1, 0.15) is 11.6 Å². The van der Waals surface area contributed by atoms with Crippen molar-refractivity contribution in [3.8, 4) is 0 Å². The zero-order valence-electron chi connectivity index (χ0n) is 14.4. The standard InChI is InChI=1S/C19H18F2N2O3S/c20-14-3-6-17(21)16(12-14)18-7-8-22(9-10-27-18)19(24)11-13-1-4-15(5-2-13)23(25)26/h1-6,12,18H,7-11H2. The Morgan fingerprint density at radius 1 is 1.19 bits per heavy atom. The molecule has 1 fully saturated rings. The predicted octanol–water partition coefficient (Wildman–Crippen LogP) is 4.12. The lowest BCUT2D eigenvalue weighted by Crippen LogP contribution is -2.34. The number of hydrogen-bond acceptors (Lipinski definition) is 4. The lowest BCUT2D eigenvalue weighted by atomic mass is 10.1. The summed E-state index contributed by atoms with van der Waals surface area (Å²) in [4.78, 5) is 24.5. The second kappa shape index (κ2) is 8.47. The maximum atomic E-state index is 14.0. The fraction of sp³-hybridized carbons (Fsp3) is 0.316. The molecule has 1 amide bonds. The highest BCUT2D eigenvalue weighted by atomic mass is 32.2. The summed E-state index contributed by atoms with van der Waals surface area (Å²) < 4.78 is 27.5. The van der Waals surface area contributed by atoms with Crippen LogP contribution in [0.5, 0.6) is 0 Å². The first kappa shape index (κ1) is 19.3. The van der Waals surface area contributed by atoms with Crippen LogP contribution in [-0.4, -0.2) is 34.6 Å². The van der Waals surface area contributed by atoms with Crippen molar-refractivity contribution in [1.29, 1.82) is 0 Å². The number of nitro groups is 1. The van der Waals surface area contributed by atoms with Crippen LogP contribution >= 0.6 is 11.8 Å². The largest absolute Gasteiger partial charge is 0.342 e. The molecule has 1 saturated heterocycles. The molecule has 0 spiro atoms. The molecule has 1 atom stereocenters. The number of hydrogen-bond donors (Lipinski definition) is 0. The Labute approximate surface area is 159 Å². The molecule has 1 unspecified atom stereocenters. The molecule has 0 aliphatic carbocycles. The van der Waals surface area contributed by atoms with Gasteiger partial charge in [-0.25, -0.2) is 8.78 Å². The molecule has 8 heteroatoms. The predicted molar refractivity (Wildman–Crippen MR) is 99.6 cm³/mol. The minimum atomic E-state index is -0.483. The SMILES string of the molecule is O=C(Cc1ccc([N+](=O)[O-])cc1)N1CCSC(c2cc(F)ccc2F)CC1. The third-order valence-corrected chi connectivity index (χ3v) is 5.81. The van der Waals surface area contributed by atoms with Crippen LogP contribution in [-0.2, 0) is 11.2 Å². The lowest BCUT2D eigenvalue weighted by Gasteiger charge is -2.20. The van der Waals surface area contributed by atoms with E-state index in [9.17, 15) is 23.7 Å². The van der Waals surface area contributed by atoms with Gasteiger partial charge in [-0.15, -0.1) is 0 Å². The van der Waals surface area contributed by atoms with Gasteiger partial charge in [-0.05, 0) is 30.2 Å². The zero-order chi connectivity index (χ0) is 19.4. The van der Waals surface area contributed by atoms with Gasteiger partial charge >= 0.3 is 0 Å². The average Bonchev–Trinajstić information content (AvgIpc) is 2.90. The van der Waals surface area contributed by atoms with Crippen molar-refractivity contribution in [2.45, 2.75) is 18.1 Å². The van der Waals surface area contributed by atoms with Gasteiger partial charge in [0.25, 0.3) is 5.69 Å². The third kappa shape index (κ3) is 4.82. The molecule has 5 nitrogen and oxygen atoms in total. The van der Waals surface area contributed by atoms with E-state index in [-0.39, 0.29) is 23.3 Å². The Bertz CT molecular complexity index is 845. The zero-order valence-corrected chi connectivity index (χ0v) is 15.3. The number of carbonyl (C=O) groups is 1. The van der Waals surface area contributed by atoms with Gasteiger partial charge in [0.15, 0.2) is 0 Å². The number of carbonyl (C=O) groups excluding carboxylic acids is 1. The minimum Gasteiger partial charge on any atom is -0.342 e. The fourth-order valence-corrected chi connectivity index (χ4v) is 4.29. The maximum absolute atomic E-state index is 14.0. The molecule has 27 heavy (non-hydrogen) atoms. The van der Waals surface area contributed by atoms with E-state index >= 15 is 0 Å².